The Morgan fingerprint density at radius 2 is 1.88 bits per heavy atom. The fourth-order valence-electron chi connectivity index (χ4n) is 2.31. The minimum Gasteiger partial charge on any atom is -0.271 e. The molecule has 100 valence electrons. The van der Waals surface area contributed by atoms with Crippen LogP contribution in [0.25, 0.3) is 0 Å². The second-order valence-electron chi connectivity index (χ2n) is 4.91. The van der Waals surface area contributed by atoms with Gasteiger partial charge in [-0.3, -0.25) is 4.90 Å². The third-order valence-corrected chi connectivity index (χ3v) is 4.77. The fourth-order valence-corrected chi connectivity index (χ4v) is 3.66. The lowest BCUT2D eigenvalue weighted by molar-refractivity contribution is 0.265. The van der Waals surface area contributed by atoms with Gasteiger partial charge in [-0.25, -0.2) is 5.53 Å². The number of nitrogens with one attached hydrogen (secondary N) is 1. The van der Waals surface area contributed by atoms with Crippen molar-refractivity contribution in [1.29, 1.82) is 5.53 Å². The lowest BCUT2D eigenvalue weighted by Crippen LogP contribution is -2.28. The monoisotopic (exact) mass is 257 g/mol. The maximum atomic E-state index is 7.28. The Balaban J connectivity index is 2.25. The molecule has 1 rings (SSSR count). The fraction of sp³-hybridized carbons (Fsp3) is 1.00. The molecule has 0 bridgehead atoms. The molecule has 4 heteroatoms. The van der Waals surface area contributed by atoms with Crippen LogP contribution in [0.1, 0.15) is 58.8 Å². The second kappa shape index (κ2) is 8.92. The van der Waals surface area contributed by atoms with E-state index in [9.17, 15) is 0 Å². The van der Waals surface area contributed by atoms with Gasteiger partial charge in [0.05, 0.1) is 0 Å². The summed E-state index contributed by atoms with van der Waals surface area (Å²) in [6.07, 6.45) is 9.09. The van der Waals surface area contributed by atoms with Crippen LogP contribution in [-0.2, 0) is 0 Å². The zero-order chi connectivity index (χ0) is 12.5. The second-order valence-corrected chi connectivity index (χ2v) is 6.27. The van der Waals surface area contributed by atoms with Crippen molar-refractivity contribution in [3.05, 3.63) is 0 Å². The lowest BCUT2D eigenvalue weighted by Gasteiger charge is -2.18. The summed E-state index contributed by atoms with van der Waals surface area (Å²) in [5, 5.41) is 4.48. The van der Waals surface area contributed by atoms with Crippen molar-refractivity contribution in [2.24, 2.45) is 5.11 Å². The molecule has 2 unspecified atom stereocenters. The van der Waals surface area contributed by atoms with Crippen molar-refractivity contribution in [3.8, 4) is 0 Å². The molecule has 2 atom stereocenters. The van der Waals surface area contributed by atoms with Crippen LogP contribution in [0.5, 0.6) is 0 Å². The number of unbranched alkanes of at least 4 members (excludes halogenated alkanes) is 4. The Kier molecular flexibility index (Phi) is 7.86. The van der Waals surface area contributed by atoms with Gasteiger partial charge in [-0.2, -0.15) is 5.11 Å². The molecular weight excluding hydrogens is 230 g/mol. The molecule has 1 heterocycles. The van der Waals surface area contributed by atoms with E-state index in [-0.39, 0.29) is 5.50 Å². The molecule has 0 amide bonds. The number of hydrogen-bond acceptors (Lipinski definition) is 4. The first-order valence-corrected chi connectivity index (χ1v) is 8.02. The topological polar surface area (TPSA) is 39.5 Å². The predicted octanol–water partition coefficient (Wildman–Crippen LogP) is 4.49. The van der Waals surface area contributed by atoms with Crippen LogP contribution >= 0.6 is 11.8 Å². The molecule has 0 spiro atoms. The molecule has 17 heavy (non-hydrogen) atoms. The minimum absolute atomic E-state index is 0.110. The molecule has 0 radical (unpaired) electrons. The maximum Gasteiger partial charge on any atom is 0.170 e. The molecule has 1 N–H and O–H groups in total. The van der Waals surface area contributed by atoms with Crippen molar-refractivity contribution < 1.29 is 0 Å². The summed E-state index contributed by atoms with van der Waals surface area (Å²) in [5.41, 5.74) is 7.39. The predicted molar refractivity (Wildman–Crippen MR) is 75.6 cm³/mol. The first-order valence-electron chi connectivity index (χ1n) is 7.07. The van der Waals surface area contributed by atoms with Crippen molar-refractivity contribution >= 4 is 11.8 Å². The molecule has 0 aromatic heterocycles. The highest BCUT2D eigenvalue weighted by molar-refractivity contribution is 8.00. The van der Waals surface area contributed by atoms with E-state index in [1.165, 1.54) is 44.9 Å². The van der Waals surface area contributed by atoms with E-state index in [0.717, 1.165) is 13.1 Å². The average Bonchev–Trinajstić information content (AvgIpc) is 2.72. The van der Waals surface area contributed by atoms with Crippen LogP contribution in [0.4, 0.5) is 0 Å². The van der Waals surface area contributed by atoms with Gasteiger partial charge in [-0.15, -0.1) is 11.8 Å². The van der Waals surface area contributed by atoms with Gasteiger partial charge in [0.15, 0.2) is 5.50 Å². The molecule has 0 aliphatic carbocycles. The van der Waals surface area contributed by atoms with Crippen LogP contribution < -0.4 is 0 Å². The molecule has 1 fully saturated rings. The largest absolute Gasteiger partial charge is 0.271 e. The highest BCUT2D eigenvalue weighted by Gasteiger charge is 2.31. The zero-order valence-corrected chi connectivity index (χ0v) is 12.1. The maximum absolute atomic E-state index is 7.28. The molecule has 1 saturated heterocycles. The Labute approximate surface area is 110 Å². The molecule has 0 saturated carbocycles. The lowest BCUT2D eigenvalue weighted by atomic mass is 10.1. The van der Waals surface area contributed by atoms with Crippen molar-refractivity contribution in [2.45, 2.75) is 69.5 Å². The molecule has 1 aliphatic heterocycles. The molecule has 0 aromatic rings. The minimum atomic E-state index is 0.110. The van der Waals surface area contributed by atoms with Crippen LogP contribution in [0.15, 0.2) is 5.11 Å². The van der Waals surface area contributed by atoms with E-state index in [4.69, 9.17) is 5.53 Å². The number of hydrogen-bond donors (Lipinski definition) is 1. The smallest absolute Gasteiger partial charge is 0.170 e. The summed E-state index contributed by atoms with van der Waals surface area (Å²) in [5.74, 6) is 0. The number of thioether (sulfide) groups is 1. The SMILES string of the molecule is CCCCCC1CN(CCCCC)C(N=N)S1. The van der Waals surface area contributed by atoms with Crippen molar-refractivity contribution in [2.75, 3.05) is 13.1 Å². The first-order chi connectivity index (χ1) is 8.31. The molecular formula is C13H27N3S. The Morgan fingerprint density at radius 1 is 1.18 bits per heavy atom. The van der Waals surface area contributed by atoms with Crippen LogP contribution in [0.3, 0.4) is 0 Å². The summed E-state index contributed by atoms with van der Waals surface area (Å²) in [6.45, 7) is 6.75. The van der Waals surface area contributed by atoms with Crippen LogP contribution in [-0.4, -0.2) is 28.7 Å². The Morgan fingerprint density at radius 3 is 2.53 bits per heavy atom. The van der Waals surface area contributed by atoms with Crippen molar-refractivity contribution in [1.82, 2.24) is 4.90 Å². The van der Waals surface area contributed by atoms with Crippen molar-refractivity contribution in [3.63, 3.8) is 0 Å². The number of rotatable bonds is 9. The average molecular weight is 257 g/mol. The quantitative estimate of drug-likeness (QED) is 0.488. The zero-order valence-electron chi connectivity index (χ0n) is 11.3. The van der Waals surface area contributed by atoms with Crippen LogP contribution in [0.2, 0.25) is 0 Å². The van der Waals surface area contributed by atoms with Gasteiger partial charge in [0, 0.05) is 18.3 Å². The van der Waals surface area contributed by atoms with E-state index in [1.807, 2.05) is 11.8 Å². The van der Waals surface area contributed by atoms with E-state index >= 15 is 0 Å². The highest BCUT2D eigenvalue weighted by atomic mass is 32.2. The third-order valence-electron chi connectivity index (χ3n) is 3.35. The summed E-state index contributed by atoms with van der Waals surface area (Å²) in [7, 11) is 0. The summed E-state index contributed by atoms with van der Waals surface area (Å²) < 4.78 is 0. The number of nitrogens with zero attached hydrogens (tertiary/aromatic N) is 2. The first kappa shape index (κ1) is 15.0. The van der Waals surface area contributed by atoms with Gasteiger partial charge in [0.2, 0.25) is 0 Å². The van der Waals surface area contributed by atoms with Gasteiger partial charge in [0.25, 0.3) is 0 Å². The Bertz CT molecular complexity index is 211. The standard InChI is InChI=1S/C13H27N3S/c1-3-5-7-9-12-11-16(10-8-6-4-2)13(15-14)17-12/h12-14H,3-11H2,1-2H3. The summed E-state index contributed by atoms with van der Waals surface area (Å²) >= 11 is 1.90. The molecule has 1 aliphatic rings. The van der Waals surface area contributed by atoms with Crippen LogP contribution in [0, 0.1) is 5.53 Å². The third kappa shape index (κ3) is 5.38. The van der Waals surface area contributed by atoms with Gasteiger partial charge < -0.3 is 0 Å². The summed E-state index contributed by atoms with van der Waals surface area (Å²) in [6, 6.07) is 0. The van der Waals surface area contributed by atoms with Gasteiger partial charge in [0.1, 0.15) is 0 Å². The normalized spacial score (nSPS) is 25.3. The molecule has 0 aromatic carbocycles. The highest BCUT2D eigenvalue weighted by Crippen LogP contribution is 2.34. The van der Waals surface area contributed by atoms with E-state index in [2.05, 4.69) is 23.9 Å². The van der Waals surface area contributed by atoms with E-state index < -0.39 is 0 Å². The summed E-state index contributed by atoms with van der Waals surface area (Å²) in [4.78, 5) is 2.39. The Hall–Kier alpha value is -0.0900. The van der Waals surface area contributed by atoms with Gasteiger partial charge in [-0.1, -0.05) is 46.0 Å². The van der Waals surface area contributed by atoms with E-state index in [1.54, 1.807) is 0 Å². The molecule has 3 nitrogen and oxygen atoms in total. The van der Waals surface area contributed by atoms with Gasteiger partial charge in [-0.05, 0) is 12.8 Å². The van der Waals surface area contributed by atoms with Gasteiger partial charge >= 0.3 is 0 Å². The van der Waals surface area contributed by atoms with E-state index in [0.29, 0.717) is 5.25 Å².